The van der Waals surface area contributed by atoms with Crippen molar-refractivity contribution in [3.8, 4) is 11.5 Å². The third kappa shape index (κ3) is 7.33. The summed E-state index contributed by atoms with van der Waals surface area (Å²) in [6.45, 7) is -3.38. The second-order valence-electron chi connectivity index (χ2n) is 5.47. The van der Waals surface area contributed by atoms with Crippen LogP contribution in [0.2, 0.25) is 0 Å². The number of pyridine rings is 1. The van der Waals surface area contributed by atoms with Crippen molar-refractivity contribution >= 4 is 5.91 Å². The molecule has 1 aromatic heterocycles. The predicted octanol–water partition coefficient (Wildman–Crippen LogP) is 3.89. The van der Waals surface area contributed by atoms with Gasteiger partial charge in [0.2, 0.25) is 0 Å². The van der Waals surface area contributed by atoms with E-state index in [0.717, 1.165) is 18.2 Å². The Morgan fingerprint density at radius 3 is 2.25 bits per heavy atom. The molecule has 0 aliphatic carbocycles. The highest BCUT2D eigenvalue weighted by Gasteiger charge is 2.30. The molecule has 11 heteroatoms. The van der Waals surface area contributed by atoms with Crippen LogP contribution < -0.4 is 14.8 Å². The van der Waals surface area contributed by atoms with Crippen LogP contribution in [0.1, 0.15) is 16.1 Å². The molecule has 1 heterocycles. The fraction of sp³-hybridized carbons (Fsp3) is 0.294. The van der Waals surface area contributed by atoms with Crippen molar-refractivity contribution in [3.05, 3.63) is 53.9 Å². The number of hydrogen-bond acceptors (Lipinski definition) is 4. The highest BCUT2D eigenvalue weighted by atomic mass is 19.4. The first-order chi connectivity index (χ1) is 13.0. The van der Waals surface area contributed by atoms with Gasteiger partial charge >= 0.3 is 12.4 Å². The van der Waals surface area contributed by atoms with Crippen molar-refractivity contribution in [2.24, 2.45) is 0 Å². The van der Waals surface area contributed by atoms with Gasteiger partial charge in [0.25, 0.3) is 5.91 Å². The van der Waals surface area contributed by atoms with Crippen molar-refractivity contribution in [1.82, 2.24) is 10.3 Å². The Morgan fingerprint density at radius 1 is 0.964 bits per heavy atom. The maximum absolute atomic E-state index is 12.4. The van der Waals surface area contributed by atoms with Gasteiger partial charge in [-0.05, 0) is 24.3 Å². The smallest absolute Gasteiger partial charge is 0.422 e. The summed E-state index contributed by atoms with van der Waals surface area (Å²) in [7, 11) is 0. The molecular weight excluding hydrogens is 394 g/mol. The first-order valence-electron chi connectivity index (χ1n) is 7.75. The van der Waals surface area contributed by atoms with Gasteiger partial charge in [0, 0.05) is 12.3 Å². The van der Waals surface area contributed by atoms with E-state index in [0.29, 0.717) is 5.69 Å². The third-order valence-corrected chi connectivity index (χ3v) is 3.15. The number of ether oxygens (including phenoxy) is 2. The minimum absolute atomic E-state index is 0.00922. The Hall–Kier alpha value is -2.98. The zero-order valence-electron chi connectivity index (χ0n) is 14.1. The van der Waals surface area contributed by atoms with Gasteiger partial charge in [-0.3, -0.25) is 9.78 Å². The summed E-state index contributed by atoms with van der Waals surface area (Å²) in [4.78, 5) is 16.2. The van der Waals surface area contributed by atoms with E-state index in [2.05, 4.69) is 19.8 Å². The van der Waals surface area contributed by atoms with Crippen LogP contribution in [0.25, 0.3) is 0 Å². The van der Waals surface area contributed by atoms with Gasteiger partial charge in [-0.1, -0.05) is 6.07 Å². The van der Waals surface area contributed by atoms with Gasteiger partial charge < -0.3 is 14.8 Å². The van der Waals surface area contributed by atoms with E-state index in [1.165, 1.54) is 6.20 Å². The Labute approximate surface area is 155 Å². The molecule has 0 atom stereocenters. The number of amides is 1. The van der Waals surface area contributed by atoms with Crippen LogP contribution in [-0.4, -0.2) is 36.5 Å². The van der Waals surface area contributed by atoms with E-state index in [4.69, 9.17) is 0 Å². The molecule has 152 valence electrons. The van der Waals surface area contributed by atoms with Crippen LogP contribution in [-0.2, 0) is 6.54 Å². The lowest BCUT2D eigenvalue weighted by Crippen LogP contribution is -2.25. The normalized spacial score (nSPS) is 11.8. The molecule has 0 aliphatic heterocycles. The number of hydrogen-bond donors (Lipinski definition) is 1. The zero-order chi connectivity index (χ0) is 20.8. The molecule has 2 rings (SSSR count). The van der Waals surface area contributed by atoms with Crippen LogP contribution >= 0.6 is 0 Å². The minimum atomic E-state index is -4.70. The summed E-state index contributed by atoms with van der Waals surface area (Å²) in [6.07, 6.45) is -7.84. The van der Waals surface area contributed by atoms with E-state index in [1.807, 2.05) is 0 Å². The maximum Gasteiger partial charge on any atom is 0.422 e. The van der Waals surface area contributed by atoms with Gasteiger partial charge in [-0.25, -0.2) is 0 Å². The molecular formula is C17H14F6N2O3. The summed E-state index contributed by atoms with van der Waals surface area (Å²) in [6, 6.07) is 7.81. The highest BCUT2D eigenvalue weighted by molar-refractivity contribution is 5.97. The van der Waals surface area contributed by atoms with E-state index in [1.54, 1.807) is 18.2 Å². The zero-order valence-corrected chi connectivity index (χ0v) is 14.1. The van der Waals surface area contributed by atoms with E-state index in [9.17, 15) is 31.1 Å². The second-order valence-corrected chi connectivity index (χ2v) is 5.47. The number of carbonyl (C=O) groups excluding carboxylic acids is 1. The van der Waals surface area contributed by atoms with Crippen LogP contribution in [0, 0.1) is 0 Å². The number of rotatable bonds is 7. The van der Waals surface area contributed by atoms with Crippen LogP contribution in [0.3, 0.4) is 0 Å². The number of halogens is 6. The molecule has 1 aromatic carbocycles. The number of alkyl halides is 6. The van der Waals surface area contributed by atoms with Gasteiger partial charge in [-0.15, -0.1) is 0 Å². The number of carbonyl (C=O) groups is 1. The lowest BCUT2D eigenvalue weighted by Gasteiger charge is -2.15. The average molecular weight is 408 g/mol. The lowest BCUT2D eigenvalue weighted by atomic mass is 10.1. The molecule has 1 amide bonds. The fourth-order valence-electron chi connectivity index (χ4n) is 1.99. The number of nitrogens with zero attached hydrogens (tertiary/aromatic N) is 1. The molecule has 0 bridgehead atoms. The van der Waals surface area contributed by atoms with Gasteiger partial charge in [0.15, 0.2) is 13.2 Å². The largest absolute Gasteiger partial charge is 0.484 e. The number of benzene rings is 1. The monoisotopic (exact) mass is 408 g/mol. The Morgan fingerprint density at radius 2 is 1.64 bits per heavy atom. The van der Waals surface area contributed by atoms with Crippen molar-refractivity contribution in [1.29, 1.82) is 0 Å². The summed E-state index contributed by atoms with van der Waals surface area (Å²) >= 11 is 0. The summed E-state index contributed by atoms with van der Waals surface area (Å²) in [5, 5.41) is 2.45. The number of nitrogens with one attached hydrogen (secondary N) is 1. The average Bonchev–Trinajstić information content (AvgIpc) is 2.62. The topological polar surface area (TPSA) is 60.5 Å². The molecule has 1 N–H and O–H groups in total. The highest BCUT2D eigenvalue weighted by Crippen LogP contribution is 2.28. The number of aromatic nitrogens is 1. The van der Waals surface area contributed by atoms with Crippen LogP contribution in [0.4, 0.5) is 26.3 Å². The van der Waals surface area contributed by atoms with Crippen molar-refractivity contribution in [2.75, 3.05) is 13.2 Å². The molecule has 0 spiro atoms. The van der Waals surface area contributed by atoms with Gasteiger partial charge in [-0.2, -0.15) is 26.3 Å². The van der Waals surface area contributed by atoms with Gasteiger partial charge in [0.05, 0.1) is 17.8 Å². The molecule has 28 heavy (non-hydrogen) atoms. The van der Waals surface area contributed by atoms with Gasteiger partial charge in [0.1, 0.15) is 11.5 Å². The Balaban J connectivity index is 2.16. The van der Waals surface area contributed by atoms with Crippen LogP contribution in [0.15, 0.2) is 42.6 Å². The molecule has 0 saturated carbocycles. The van der Waals surface area contributed by atoms with Crippen LogP contribution in [0.5, 0.6) is 11.5 Å². The van der Waals surface area contributed by atoms with E-state index in [-0.39, 0.29) is 12.1 Å². The summed E-state index contributed by atoms with van der Waals surface area (Å²) in [5.41, 5.74) is 0.207. The Bertz CT molecular complexity index is 794. The molecule has 0 aliphatic rings. The van der Waals surface area contributed by atoms with Crippen molar-refractivity contribution in [3.63, 3.8) is 0 Å². The second kappa shape index (κ2) is 8.81. The first kappa shape index (κ1) is 21.3. The molecule has 0 unspecified atom stereocenters. The predicted molar refractivity (Wildman–Crippen MR) is 84.9 cm³/mol. The molecule has 0 fully saturated rings. The quantitative estimate of drug-likeness (QED) is 0.707. The summed E-state index contributed by atoms with van der Waals surface area (Å²) in [5.74, 6) is -1.74. The minimum Gasteiger partial charge on any atom is -0.484 e. The molecule has 2 aromatic rings. The van der Waals surface area contributed by atoms with E-state index >= 15 is 0 Å². The summed E-state index contributed by atoms with van der Waals surface area (Å²) < 4.78 is 83.1. The molecule has 5 nitrogen and oxygen atoms in total. The standard InChI is InChI=1S/C17H14F6N2O3/c18-16(19,20)9-27-12-4-5-13(14(7-12)28-10-17(21,22)23)15(26)25-8-11-3-1-2-6-24-11/h1-7H,8-10H2,(H,25,26). The third-order valence-electron chi connectivity index (χ3n) is 3.15. The molecule has 0 saturated heterocycles. The van der Waals surface area contributed by atoms with Crippen molar-refractivity contribution < 1.29 is 40.6 Å². The van der Waals surface area contributed by atoms with E-state index < -0.39 is 43.0 Å². The molecule has 0 radical (unpaired) electrons. The van der Waals surface area contributed by atoms with Crippen molar-refractivity contribution in [2.45, 2.75) is 18.9 Å². The maximum atomic E-state index is 12.4. The fourth-order valence-corrected chi connectivity index (χ4v) is 1.99. The Kier molecular flexibility index (Phi) is 6.71. The lowest BCUT2D eigenvalue weighted by molar-refractivity contribution is -0.153. The SMILES string of the molecule is O=C(NCc1ccccn1)c1ccc(OCC(F)(F)F)cc1OCC(F)(F)F. The first-order valence-corrected chi connectivity index (χ1v) is 7.75.